The Labute approximate surface area is 106 Å². The molecule has 3 aliphatic rings. The summed E-state index contributed by atoms with van der Waals surface area (Å²) in [4.78, 5) is 23.6. The average Bonchev–Trinajstić information content (AvgIpc) is 2.93. The Hall–Kier alpha value is -1.50. The second-order valence-electron chi connectivity index (χ2n) is 6.04. The fourth-order valence-electron chi connectivity index (χ4n) is 3.39. The molecule has 2 saturated carbocycles. The lowest BCUT2D eigenvalue weighted by atomic mass is 9.87. The quantitative estimate of drug-likeness (QED) is 0.543. The van der Waals surface area contributed by atoms with Gasteiger partial charge >= 0.3 is 11.9 Å². The van der Waals surface area contributed by atoms with Crippen LogP contribution in [0.1, 0.15) is 26.7 Å². The van der Waals surface area contributed by atoms with Crippen molar-refractivity contribution < 1.29 is 19.1 Å². The van der Waals surface area contributed by atoms with Crippen molar-refractivity contribution >= 4 is 11.9 Å². The summed E-state index contributed by atoms with van der Waals surface area (Å²) in [5.41, 5.74) is -0.927. The van der Waals surface area contributed by atoms with E-state index in [4.69, 9.17) is 15.9 Å². The minimum absolute atomic E-state index is 0.0376. The van der Waals surface area contributed by atoms with Gasteiger partial charge in [0.05, 0.1) is 5.92 Å². The van der Waals surface area contributed by atoms with Crippen LogP contribution in [-0.4, -0.2) is 24.1 Å². The normalized spacial score (nSPS) is 40.5. The standard InChI is InChI=1S/C14H16O4/c1-4-14(2,3)13(16)18-10-7-5-8-9(6-7)12(15)17-11(8)10/h1,7-11H,5-6H2,2-3H3. The third-order valence-corrected chi connectivity index (χ3v) is 4.53. The SMILES string of the molecule is C#CC(C)(C)C(=O)OC1C2CC3C(=O)OC1C3C2. The highest BCUT2D eigenvalue weighted by Crippen LogP contribution is 2.55. The van der Waals surface area contributed by atoms with E-state index in [2.05, 4.69) is 5.92 Å². The van der Waals surface area contributed by atoms with Gasteiger partial charge < -0.3 is 9.47 Å². The van der Waals surface area contributed by atoms with Crippen molar-refractivity contribution in [3.8, 4) is 12.3 Å². The first-order chi connectivity index (χ1) is 8.44. The van der Waals surface area contributed by atoms with Gasteiger partial charge in [-0.25, -0.2) is 0 Å². The third kappa shape index (κ3) is 1.40. The number of carbonyl (C=O) groups excluding carboxylic acids is 2. The first-order valence-electron chi connectivity index (χ1n) is 6.33. The summed E-state index contributed by atoms with van der Waals surface area (Å²) in [6.45, 7) is 3.32. The molecule has 2 aliphatic carbocycles. The monoisotopic (exact) mass is 248 g/mol. The molecule has 3 fully saturated rings. The number of hydrogen-bond acceptors (Lipinski definition) is 4. The van der Waals surface area contributed by atoms with Crippen LogP contribution in [0.4, 0.5) is 0 Å². The summed E-state index contributed by atoms with van der Waals surface area (Å²) in [6.07, 6.45) is 6.50. The summed E-state index contributed by atoms with van der Waals surface area (Å²) >= 11 is 0. The molecular weight excluding hydrogens is 232 g/mol. The van der Waals surface area contributed by atoms with Gasteiger partial charge in [-0.05, 0) is 26.7 Å². The molecule has 4 heteroatoms. The van der Waals surface area contributed by atoms with E-state index in [1.165, 1.54) is 0 Å². The van der Waals surface area contributed by atoms with E-state index in [-0.39, 0.29) is 35.9 Å². The van der Waals surface area contributed by atoms with Crippen molar-refractivity contribution in [2.75, 3.05) is 0 Å². The van der Waals surface area contributed by atoms with Crippen LogP contribution in [0.15, 0.2) is 0 Å². The average molecular weight is 248 g/mol. The number of fused-ring (bicyclic) bond motifs is 1. The van der Waals surface area contributed by atoms with Crippen LogP contribution in [0.25, 0.3) is 0 Å². The maximum absolute atomic E-state index is 12.0. The highest BCUT2D eigenvalue weighted by molar-refractivity contribution is 5.80. The lowest BCUT2D eigenvalue weighted by Gasteiger charge is -2.28. The highest BCUT2D eigenvalue weighted by atomic mass is 16.6. The number of rotatable bonds is 2. The van der Waals surface area contributed by atoms with Gasteiger partial charge in [0.15, 0.2) is 0 Å². The molecule has 1 heterocycles. The van der Waals surface area contributed by atoms with Crippen LogP contribution in [0.5, 0.6) is 0 Å². The smallest absolute Gasteiger partial charge is 0.324 e. The van der Waals surface area contributed by atoms with Gasteiger partial charge in [-0.2, -0.15) is 0 Å². The summed E-state index contributed by atoms with van der Waals surface area (Å²) in [6, 6.07) is 0. The summed E-state index contributed by atoms with van der Waals surface area (Å²) in [5.74, 6) is 2.45. The van der Waals surface area contributed by atoms with Crippen molar-refractivity contribution in [2.45, 2.75) is 38.9 Å². The molecule has 0 aromatic rings. The molecule has 5 atom stereocenters. The molecule has 96 valence electrons. The molecule has 2 bridgehead atoms. The Morgan fingerprint density at radius 2 is 2.22 bits per heavy atom. The molecule has 0 spiro atoms. The van der Waals surface area contributed by atoms with E-state index in [0.717, 1.165) is 12.8 Å². The van der Waals surface area contributed by atoms with Gasteiger partial charge in [0.25, 0.3) is 0 Å². The molecule has 0 aromatic carbocycles. The van der Waals surface area contributed by atoms with Gasteiger partial charge in [-0.1, -0.05) is 5.92 Å². The van der Waals surface area contributed by atoms with E-state index >= 15 is 0 Å². The van der Waals surface area contributed by atoms with E-state index in [1.807, 2.05) is 0 Å². The number of carbonyl (C=O) groups is 2. The minimum Gasteiger partial charge on any atom is -0.458 e. The Morgan fingerprint density at radius 3 is 2.89 bits per heavy atom. The van der Waals surface area contributed by atoms with Crippen LogP contribution in [0, 0.1) is 35.5 Å². The topological polar surface area (TPSA) is 52.6 Å². The van der Waals surface area contributed by atoms with Gasteiger partial charge in [0.2, 0.25) is 0 Å². The molecule has 0 radical (unpaired) electrons. The largest absolute Gasteiger partial charge is 0.458 e. The van der Waals surface area contributed by atoms with Crippen LogP contribution >= 0.6 is 0 Å². The van der Waals surface area contributed by atoms with Crippen molar-refractivity contribution in [2.24, 2.45) is 23.2 Å². The Bertz CT molecular complexity index is 459. The van der Waals surface area contributed by atoms with Gasteiger partial charge in [0.1, 0.15) is 17.6 Å². The molecule has 0 amide bonds. The zero-order valence-electron chi connectivity index (χ0n) is 10.5. The minimum atomic E-state index is -0.927. The molecule has 1 saturated heterocycles. The molecule has 1 aliphatic heterocycles. The van der Waals surface area contributed by atoms with Crippen molar-refractivity contribution in [3.05, 3.63) is 0 Å². The number of hydrogen-bond donors (Lipinski definition) is 0. The lowest BCUT2D eigenvalue weighted by molar-refractivity contribution is -0.167. The maximum atomic E-state index is 12.0. The molecule has 3 rings (SSSR count). The zero-order chi connectivity index (χ0) is 13.1. The summed E-state index contributed by atoms with van der Waals surface area (Å²) in [5, 5.41) is 0. The zero-order valence-corrected chi connectivity index (χ0v) is 10.5. The molecule has 18 heavy (non-hydrogen) atoms. The van der Waals surface area contributed by atoms with Gasteiger partial charge in [0, 0.05) is 11.8 Å². The van der Waals surface area contributed by atoms with Gasteiger partial charge in [-0.15, -0.1) is 6.42 Å². The maximum Gasteiger partial charge on any atom is 0.324 e. The Morgan fingerprint density at radius 1 is 1.50 bits per heavy atom. The van der Waals surface area contributed by atoms with Crippen LogP contribution < -0.4 is 0 Å². The second kappa shape index (κ2) is 3.50. The Kier molecular flexibility index (Phi) is 2.25. The molecule has 5 unspecified atom stereocenters. The third-order valence-electron chi connectivity index (χ3n) is 4.53. The highest BCUT2D eigenvalue weighted by Gasteiger charge is 2.63. The molecule has 0 N–H and O–H groups in total. The molecule has 4 nitrogen and oxygen atoms in total. The van der Waals surface area contributed by atoms with Gasteiger partial charge in [-0.3, -0.25) is 9.59 Å². The number of esters is 2. The van der Waals surface area contributed by atoms with Crippen molar-refractivity contribution in [1.82, 2.24) is 0 Å². The second-order valence-corrected chi connectivity index (χ2v) is 6.04. The van der Waals surface area contributed by atoms with E-state index in [9.17, 15) is 9.59 Å². The van der Waals surface area contributed by atoms with Crippen LogP contribution in [0.2, 0.25) is 0 Å². The lowest BCUT2D eigenvalue weighted by Crippen LogP contribution is -2.39. The van der Waals surface area contributed by atoms with E-state index in [0.29, 0.717) is 0 Å². The predicted molar refractivity (Wildman–Crippen MR) is 62.1 cm³/mol. The summed E-state index contributed by atoms with van der Waals surface area (Å²) in [7, 11) is 0. The molecular formula is C14H16O4. The first kappa shape index (κ1) is 11.6. The first-order valence-corrected chi connectivity index (χ1v) is 6.33. The fraction of sp³-hybridized carbons (Fsp3) is 0.714. The Balaban J connectivity index is 1.75. The van der Waals surface area contributed by atoms with Crippen LogP contribution in [0.3, 0.4) is 0 Å². The van der Waals surface area contributed by atoms with Crippen LogP contribution in [-0.2, 0) is 19.1 Å². The summed E-state index contributed by atoms with van der Waals surface area (Å²) < 4.78 is 10.9. The van der Waals surface area contributed by atoms with E-state index in [1.54, 1.807) is 13.8 Å². The molecule has 0 aromatic heterocycles. The van der Waals surface area contributed by atoms with Crippen molar-refractivity contribution in [1.29, 1.82) is 0 Å². The van der Waals surface area contributed by atoms with Crippen molar-refractivity contribution in [3.63, 3.8) is 0 Å². The number of ether oxygens (including phenoxy) is 2. The predicted octanol–water partition coefficient (Wildman–Crippen LogP) is 1.14. The number of terminal acetylenes is 1. The fourth-order valence-corrected chi connectivity index (χ4v) is 3.39. The van der Waals surface area contributed by atoms with E-state index < -0.39 is 11.4 Å².